The van der Waals surface area contributed by atoms with Crippen LogP contribution in [0.1, 0.15) is 10.4 Å². The maximum Gasteiger partial charge on any atom is 0.337 e. The molecule has 9 nitrogen and oxygen atoms in total. The van der Waals surface area contributed by atoms with Crippen molar-refractivity contribution in [3.63, 3.8) is 0 Å². The lowest BCUT2D eigenvalue weighted by molar-refractivity contribution is 0.0600. The SMILES string of the molecule is COC(=O)c1ccc(OCCn2c(=O)c3c(ncn3C)n(C)c2=O)cc1. The van der Waals surface area contributed by atoms with Crippen molar-refractivity contribution in [1.29, 1.82) is 0 Å². The summed E-state index contributed by atoms with van der Waals surface area (Å²) in [5.74, 6) is 0.0835. The highest BCUT2D eigenvalue weighted by Gasteiger charge is 2.14. The normalized spacial score (nSPS) is 10.9. The van der Waals surface area contributed by atoms with Crippen LogP contribution in [0.4, 0.5) is 0 Å². The Bertz CT molecular complexity index is 1080. The summed E-state index contributed by atoms with van der Waals surface area (Å²) in [7, 11) is 4.58. The van der Waals surface area contributed by atoms with Gasteiger partial charge in [0.05, 0.1) is 25.5 Å². The van der Waals surface area contributed by atoms with E-state index in [2.05, 4.69) is 9.72 Å². The van der Waals surface area contributed by atoms with Gasteiger partial charge in [-0.15, -0.1) is 0 Å². The zero-order valence-corrected chi connectivity index (χ0v) is 14.6. The van der Waals surface area contributed by atoms with Crippen molar-refractivity contribution in [1.82, 2.24) is 18.7 Å². The Labute approximate surface area is 148 Å². The first kappa shape index (κ1) is 17.5. The lowest BCUT2D eigenvalue weighted by Gasteiger charge is -2.10. The second kappa shape index (κ2) is 6.87. The van der Waals surface area contributed by atoms with Crippen molar-refractivity contribution in [3.05, 3.63) is 57.0 Å². The van der Waals surface area contributed by atoms with Gasteiger partial charge in [-0.05, 0) is 24.3 Å². The minimum atomic E-state index is -0.453. The molecule has 0 fully saturated rings. The van der Waals surface area contributed by atoms with Gasteiger partial charge in [0, 0.05) is 14.1 Å². The van der Waals surface area contributed by atoms with Crippen LogP contribution in [-0.4, -0.2) is 38.4 Å². The van der Waals surface area contributed by atoms with Gasteiger partial charge in [0.25, 0.3) is 5.56 Å². The molecule has 0 radical (unpaired) electrons. The average Bonchev–Trinajstić information content (AvgIpc) is 3.04. The standard InChI is InChI=1S/C17H18N4O5/c1-19-10-18-14-13(19)15(22)21(17(24)20(14)2)8-9-26-12-6-4-11(5-7-12)16(23)25-3/h4-7,10H,8-9H2,1-3H3. The fraction of sp³-hybridized carbons (Fsp3) is 0.294. The highest BCUT2D eigenvalue weighted by atomic mass is 16.5. The zero-order valence-electron chi connectivity index (χ0n) is 14.6. The number of carbonyl (C=O) groups excluding carboxylic acids is 1. The molecule has 0 aliphatic carbocycles. The number of hydrogen-bond donors (Lipinski definition) is 0. The van der Waals surface area contributed by atoms with Gasteiger partial charge in [-0.1, -0.05) is 0 Å². The minimum Gasteiger partial charge on any atom is -0.492 e. The molecule has 2 aromatic heterocycles. The van der Waals surface area contributed by atoms with Gasteiger partial charge in [-0.25, -0.2) is 14.6 Å². The molecule has 0 amide bonds. The number of benzene rings is 1. The van der Waals surface area contributed by atoms with Gasteiger partial charge in [-0.2, -0.15) is 0 Å². The summed E-state index contributed by atoms with van der Waals surface area (Å²) in [6.45, 7) is 0.210. The third-order valence-electron chi connectivity index (χ3n) is 4.06. The van der Waals surface area contributed by atoms with Crippen LogP contribution in [0.3, 0.4) is 0 Å². The first-order valence-electron chi connectivity index (χ1n) is 7.86. The Morgan fingerprint density at radius 2 is 1.85 bits per heavy atom. The molecule has 136 valence electrons. The lowest BCUT2D eigenvalue weighted by atomic mass is 10.2. The predicted molar refractivity (Wildman–Crippen MR) is 93.5 cm³/mol. The molecule has 0 aliphatic rings. The van der Waals surface area contributed by atoms with E-state index in [0.717, 1.165) is 4.57 Å². The van der Waals surface area contributed by atoms with E-state index in [1.807, 2.05) is 0 Å². The van der Waals surface area contributed by atoms with Crippen LogP contribution < -0.4 is 16.0 Å². The molecule has 0 bridgehead atoms. The number of fused-ring (bicyclic) bond motifs is 1. The van der Waals surface area contributed by atoms with E-state index in [-0.39, 0.29) is 13.2 Å². The Morgan fingerprint density at radius 3 is 2.50 bits per heavy atom. The summed E-state index contributed by atoms with van der Waals surface area (Å²) in [4.78, 5) is 40.4. The first-order chi connectivity index (χ1) is 12.4. The summed E-state index contributed by atoms with van der Waals surface area (Å²) in [6.07, 6.45) is 1.50. The van der Waals surface area contributed by atoms with Crippen LogP contribution in [0, 0.1) is 0 Å². The van der Waals surface area contributed by atoms with Crippen LogP contribution in [0.2, 0.25) is 0 Å². The molecule has 0 aliphatic heterocycles. The number of rotatable bonds is 5. The summed E-state index contributed by atoms with van der Waals surface area (Å²) in [5.41, 5.74) is 0.248. The number of imidazole rings is 1. The van der Waals surface area contributed by atoms with E-state index in [1.54, 1.807) is 42.9 Å². The number of hydrogen-bond acceptors (Lipinski definition) is 6. The van der Waals surface area contributed by atoms with Crippen molar-refractivity contribution < 1.29 is 14.3 Å². The molecule has 26 heavy (non-hydrogen) atoms. The number of esters is 1. The van der Waals surface area contributed by atoms with E-state index < -0.39 is 17.2 Å². The summed E-state index contributed by atoms with van der Waals surface area (Å²) in [5, 5.41) is 0. The van der Waals surface area contributed by atoms with Gasteiger partial charge in [0.1, 0.15) is 12.4 Å². The van der Waals surface area contributed by atoms with Crippen LogP contribution in [0.25, 0.3) is 11.2 Å². The molecule has 0 atom stereocenters. The molecule has 3 aromatic rings. The maximum absolute atomic E-state index is 12.6. The second-order valence-corrected chi connectivity index (χ2v) is 5.69. The number of aromatic nitrogens is 4. The Hall–Kier alpha value is -3.36. The number of methoxy groups -OCH3 is 1. The quantitative estimate of drug-likeness (QED) is 0.609. The van der Waals surface area contributed by atoms with Crippen LogP contribution in [-0.2, 0) is 25.4 Å². The topological polar surface area (TPSA) is 97.3 Å². The third kappa shape index (κ3) is 2.99. The molecule has 0 saturated heterocycles. The van der Waals surface area contributed by atoms with Gasteiger partial charge in [0.15, 0.2) is 11.2 Å². The Balaban J connectivity index is 1.78. The van der Waals surface area contributed by atoms with Gasteiger partial charge in [-0.3, -0.25) is 13.9 Å². The van der Waals surface area contributed by atoms with Crippen molar-refractivity contribution >= 4 is 17.1 Å². The van der Waals surface area contributed by atoms with Crippen molar-refractivity contribution in [3.8, 4) is 5.75 Å². The van der Waals surface area contributed by atoms with Gasteiger partial charge >= 0.3 is 11.7 Å². The molecule has 3 rings (SSSR count). The van der Waals surface area contributed by atoms with E-state index in [1.165, 1.54) is 18.0 Å². The second-order valence-electron chi connectivity index (χ2n) is 5.69. The van der Waals surface area contributed by atoms with E-state index in [9.17, 15) is 14.4 Å². The number of carbonyl (C=O) groups is 1. The molecule has 0 unspecified atom stereocenters. The number of aryl methyl sites for hydroxylation is 2. The van der Waals surface area contributed by atoms with Crippen LogP contribution in [0.15, 0.2) is 40.2 Å². The highest BCUT2D eigenvalue weighted by Crippen LogP contribution is 2.12. The first-order valence-corrected chi connectivity index (χ1v) is 7.86. The van der Waals surface area contributed by atoms with E-state index >= 15 is 0 Å². The fourth-order valence-electron chi connectivity index (χ4n) is 2.65. The highest BCUT2D eigenvalue weighted by molar-refractivity contribution is 5.89. The third-order valence-corrected chi connectivity index (χ3v) is 4.06. The molecule has 0 spiro atoms. The maximum atomic E-state index is 12.6. The molecule has 0 saturated carbocycles. The largest absolute Gasteiger partial charge is 0.492 e. The van der Waals surface area contributed by atoms with Crippen LogP contribution in [0.5, 0.6) is 5.75 Å². The molecule has 2 heterocycles. The molecular formula is C17H18N4O5. The average molecular weight is 358 g/mol. The van der Waals surface area contributed by atoms with Crippen molar-refractivity contribution in [2.45, 2.75) is 6.54 Å². The Morgan fingerprint density at radius 1 is 1.15 bits per heavy atom. The monoisotopic (exact) mass is 358 g/mol. The molecule has 0 N–H and O–H groups in total. The van der Waals surface area contributed by atoms with E-state index in [4.69, 9.17) is 4.74 Å². The molecule has 1 aromatic carbocycles. The van der Waals surface area contributed by atoms with E-state index in [0.29, 0.717) is 22.5 Å². The summed E-state index contributed by atoms with van der Waals surface area (Å²) < 4.78 is 14.2. The Kier molecular flexibility index (Phi) is 4.61. The number of ether oxygens (including phenoxy) is 2. The van der Waals surface area contributed by atoms with Crippen LogP contribution >= 0.6 is 0 Å². The van der Waals surface area contributed by atoms with Gasteiger partial charge in [0.2, 0.25) is 0 Å². The smallest absolute Gasteiger partial charge is 0.337 e. The van der Waals surface area contributed by atoms with Crippen molar-refractivity contribution in [2.24, 2.45) is 14.1 Å². The summed E-state index contributed by atoms with van der Waals surface area (Å²) >= 11 is 0. The molecule has 9 heteroatoms. The minimum absolute atomic E-state index is 0.0887. The molecular weight excluding hydrogens is 340 g/mol. The predicted octanol–water partition coefficient (Wildman–Crippen LogP) is 0.299. The zero-order chi connectivity index (χ0) is 18.8. The number of nitrogens with zero attached hydrogens (tertiary/aromatic N) is 4. The van der Waals surface area contributed by atoms with Gasteiger partial charge < -0.3 is 14.0 Å². The summed E-state index contributed by atoms with van der Waals surface area (Å²) in [6, 6.07) is 6.40. The van der Waals surface area contributed by atoms with Crippen molar-refractivity contribution in [2.75, 3.05) is 13.7 Å². The lowest BCUT2D eigenvalue weighted by Crippen LogP contribution is -2.40. The fourth-order valence-corrected chi connectivity index (χ4v) is 2.65.